The first-order valence-corrected chi connectivity index (χ1v) is 8.87. The first kappa shape index (κ1) is 19.2. The van der Waals surface area contributed by atoms with Gasteiger partial charge in [-0.2, -0.15) is 13.2 Å². The summed E-state index contributed by atoms with van der Waals surface area (Å²) in [4.78, 5) is 16.5. The molecule has 0 radical (unpaired) electrons. The summed E-state index contributed by atoms with van der Waals surface area (Å²) in [5.41, 5.74) is 0.907. The number of benzene rings is 2. The lowest BCUT2D eigenvalue weighted by Gasteiger charge is -2.35. The van der Waals surface area contributed by atoms with Crippen LogP contribution in [0.3, 0.4) is 0 Å². The van der Waals surface area contributed by atoms with E-state index in [1.807, 2.05) is 18.2 Å². The van der Waals surface area contributed by atoms with Crippen LogP contribution in [0.4, 0.5) is 18.9 Å². The van der Waals surface area contributed by atoms with E-state index in [-0.39, 0.29) is 19.0 Å². The summed E-state index contributed by atoms with van der Waals surface area (Å²) in [6.45, 7) is 3.56. The Labute approximate surface area is 156 Å². The van der Waals surface area contributed by atoms with Crippen molar-refractivity contribution < 1.29 is 18.0 Å². The molecule has 1 fully saturated rings. The lowest BCUT2D eigenvalue weighted by atomic mass is 10.1. The Kier molecular flexibility index (Phi) is 6.01. The Balaban J connectivity index is 1.44. The van der Waals surface area contributed by atoms with E-state index in [1.165, 1.54) is 11.8 Å². The Bertz CT molecular complexity index is 757. The fourth-order valence-electron chi connectivity index (χ4n) is 3.12. The van der Waals surface area contributed by atoms with Crippen molar-refractivity contribution in [3.8, 4) is 0 Å². The van der Waals surface area contributed by atoms with E-state index in [1.54, 1.807) is 6.07 Å². The third kappa shape index (κ3) is 5.47. The minimum Gasteiger partial charge on any atom is -0.369 e. The zero-order valence-electron chi connectivity index (χ0n) is 14.9. The standard InChI is InChI=1S/C20H22F3N3O/c21-20(22,23)17-6-4-5-16(13-17)14-24-19(27)15-25-9-11-26(12-10-25)18-7-2-1-3-8-18/h1-8,13H,9-12,14-15H2,(H,24,27). The molecule has 0 aromatic heterocycles. The molecular formula is C20H22F3N3O. The molecule has 0 bridgehead atoms. The zero-order chi connectivity index (χ0) is 19.3. The smallest absolute Gasteiger partial charge is 0.369 e. The molecule has 0 aliphatic carbocycles. The monoisotopic (exact) mass is 377 g/mol. The van der Waals surface area contributed by atoms with Crippen molar-refractivity contribution in [3.05, 3.63) is 65.7 Å². The molecule has 1 N–H and O–H groups in total. The summed E-state index contributed by atoms with van der Waals surface area (Å²) >= 11 is 0. The number of carbonyl (C=O) groups excluding carboxylic acids is 1. The van der Waals surface area contributed by atoms with E-state index in [2.05, 4.69) is 27.2 Å². The lowest BCUT2D eigenvalue weighted by Crippen LogP contribution is -2.49. The third-order valence-electron chi connectivity index (χ3n) is 4.60. The summed E-state index contributed by atoms with van der Waals surface area (Å²) < 4.78 is 38.2. The van der Waals surface area contributed by atoms with Crippen LogP contribution in [0.5, 0.6) is 0 Å². The van der Waals surface area contributed by atoms with Crippen molar-refractivity contribution in [2.75, 3.05) is 37.6 Å². The van der Waals surface area contributed by atoms with Crippen molar-refractivity contribution in [3.63, 3.8) is 0 Å². The van der Waals surface area contributed by atoms with Gasteiger partial charge in [0.15, 0.2) is 0 Å². The quantitative estimate of drug-likeness (QED) is 0.870. The largest absolute Gasteiger partial charge is 0.416 e. The van der Waals surface area contributed by atoms with Gasteiger partial charge in [0.2, 0.25) is 5.91 Å². The average Bonchev–Trinajstić information content (AvgIpc) is 2.67. The van der Waals surface area contributed by atoms with Crippen LogP contribution in [-0.2, 0) is 17.5 Å². The first-order chi connectivity index (χ1) is 12.9. The van der Waals surface area contributed by atoms with E-state index in [0.717, 1.165) is 38.3 Å². The molecule has 1 heterocycles. The molecule has 0 saturated carbocycles. The van der Waals surface area contributed by atoms with Crippen LogP contribution in [-0.4, -0.2) is 43.5 Å². The fraction of sp³-hybridized carbons (Fsp3) is 0.350. The van der Waals surface area contributed by atoms with Gasteiger partial charge in [0.05, 0.1) is 12.1 Å². The maximum Gasteiger partial charge on any atom is 0.416 e. The number of alkyl halides is 3. The van der Waals surface area contributed by atoms with Gasteiger partial charge < -0.3 is 10.2 Å². The average molecular weight is 377 g/mol. The highest BCUT2D eigenvalue weighted by Crippen LogP contribution is 2.29. The molecule has 1 amide bonds. The number of halogens is 3. The summed E-state index contributed by atoms with van der Waals surface area (Å²) in [5.74, 6) is -0.180. The highest BCUT2D eigenvalue weighted by atomic mass is 19.4. The third-order valence-corrected chi connectivity index (χ3v) is 4.60. The fourth-order valence-corrected chi connectivity index (χ4v) is 3.12. The maximum absolute atomic E-state index is 12.7. The molecule has 1 aliphatic heterocycles. The Hall–Kier alpha value is -2.54. The number of nitrogens with one attached hydrogen (secondary N) is 1. The van der Waals surface area contributed by atoms with Crippen molar-refractivity contribution in [1.82, 2.24) is 10.2 Å². The van der Waals surface area contributed by atoms with Crippen LogP contribution >= 0.6 is 0 Å². The molecule has 3 rings (SSSR count). The number of anilines is 1. The topological polar surface area (TPSA) is 35.6 Å². The highest BCUT2D eigenvalue weighted by Gasteiger charge is 2.30. The van der Waals surface area contributed by atoms with Gasteiger partial charge in [0, 0.05) is 38.4 Å². The maximum atomic E-state index is 12.7. The van der Waals surface area contributed by atoms with Crippen molar-refractivity contribution in [1.29, 1.82) is 0 Å². The van der Waals surface area contributed by atoms with Gasteiger partial charge >= 0.3 is 6.18 Å². The van der Waals surface area contributed by atoms with Crippen molar-refractivity contribution in [2.24, 2.45) is 0 Å². The molecule has 1 aliphatic rings. The Morgan fingerprint density at radius 1 is 0.963 bits per heavy atom. The number of amides is 1. The van der Waals surface area contributed by atoms with Crippen LogP contribution in [0.2, 0.25) is 0 Å². The number of nitrogens with zero attached hydrogens (tertiary/aromatic N) is 2. The number of para-hydroxylation sites is 1. The van der Waals surface area contributed by atoms with Crippen LogP contribution in [0.1, 0.15) is 11.1 Å². The number of carbonyl (C=O) groups is 1. The van der Waals surface area contributed by atoms with Crippen LogP contribution in [0.25, 0.3) is 0 Å². The number of rotatable bonds is 5. The molecule has 0 unspecified atom stereocenters. The molecule has 1 saturated heterocycles. The van der Waals surface area contributed by atoms with Crippen LogP contribution < -0.4 is 10.2 Å². The summed E-state index contributed by atoms with van der Waals surface area (Å²) in [5, 5.41) is 2.71. The highest BCUT2D eigenvalue weighted by molar-refractivity contribution is 5.78. The van der Waals surface area contributed by atoms with Crippen molar-refractivity contribution in [2.45, 2.75) is 12.7 Å². The molecule has 27 heavy (non-hydrogen) atoms. The van der Waals surface area contributed by atoms with E-state index >= 15 is 0 Å². The normalized spacial score (nSPS) is 15.6. The Morgan fingerprint density at radius 3 is 2.33 bits per heavy atom. The Morgan fingerprint density at radius 2 is 1.67 bits per heavy atom. The van der Waals surface area contributed by atoms with Gasteiger partial charge in [0.1, 0.15) is 0 Å². The molecule has 7 heteroatoms. The molecular weight excluding hydrogens is 355 g/mol. The van der Waals surface area contributed by atoms with Crippen molar-refractivity contribution >= 4 is 11.6 Å². The lowest BCUT2D eigenvalue weighted by molar-refractivity contribution is -0.137. The second-order valence-corrected chi connectivity index (χ2v) is 6.57. The SMILES string of the molecule is O=C(CN1CCN(c2ccccc2)CC1)NCc1cccc(C(F)(F)F)c1. The van der Waals surface area contributed by atoms with Gasteiger partial charge in [-0.1, -0.05) is 30.3 Å². The predicted octanol–water partition coefficient (Wildman–Crippen LogP) is 3.14. The van der Waals surface area contributed by atoms with E-state index in [9.17, 15) is 18.0 Å². The van der Waals surface area contributed by atoms with Gasteiger partial charge in [0.25, 0.3) is 0 Å². The van der Waals surface area contributed by atoms with Crippen LogP contribution in [0, 0.1) is 0 Å². The van der Waals surface area contributed by atoms with Crippen LogP contribution in [0.15, 0.2) is 54.6 Å². The minimum absolute atomic E-state index is 0.0900. The zero-order valence-corrected chi connectivity index (χ0v) is 14.9. The summed E-state index contributed by atoms with van der Waals surface area (Å²) in [6, 6.07) is 15.1. The van der Waals surface area contributed by atoms with E-state index in [0.29, 0.717) is 5.56 Å². The number of piperazine rings is 1. The number of hydrogen-bond donors (Lipinski definition) is 1. The van der Waals surface area contributed by atoms with Gasteiger partial charge in [-0.15, -0.1) is 0 Å². The predicted molar refractivity (Wildman–Crippen MR) is 98.4 cm³/mol. The molecule has 0 spiro atoms. The second-order valence-electron chi connectivity index (χ2n) is 6.57. The molecule has 2 aromatic rings. The second kappa shape index (κ2) is 8.43. The van der Waals surface area contributed by atoms with Gasteiger partial charge in [-0.3, -0.25) is 9.69 Å². The molecule has 144 valence electrons. The van der Waals surface area contributed by atoms with E-state index in [4.69, 9.17) is 0 Å². The molecule has 4 nitrogen and oxygen atoms in total. The first-order valence-electron chi connectivity index (χ1n) is 8.87. The summed E-state index contributed by atoms with van der Waals surface area (Å²) in [6.07, 6.45) is -4.38. The summed E-state index contributed by atoms with van der Waals surface area (Å²) in [7, 11) is 0. The minimum atomic E-state index is -4.38. The molecule has 0 atom stereocenters. The van der Waals surface area contributed by atoms with Gasteiger partial charge in [-0.25, -0.2) is 0 Å². The van der Waals surface area contributed by atoms with E-state index < -0.39 is 11.7 Å². The van der Waals surface area contributed by atoms with Gasteiger partial charge in [-0.05, 0) is 29.8 Å². The number of hydrogen-bond acceptors (Lipinski definition) is 3. The molecule has 2 aromatic carbocycles.